The van der Waals surface area contributed by atoms with Crippen molar-refractivity contribution in [1.29, 1.82) is 0 Å². The highest BCUT2D eigenvalue weighted by molar-refractivity contribution is 8.01. The van der Waals surface area contributed by atoms with Crippen molar-refractivity contribution in [2.75, 3.05) is 0 Å². The van der Waals surface area contributed by atoms with E-state index in [2.05, 4.69) is 25.8 Å². The summed E-state index contributed by atoms with van der Waals surface area (Å²) in [4.78, 5) is 4.40. The molecule has 0 radical (unpaired) electrons. The third kappa shape index (κ3) is 1.97. The van der Waals surface area contributed by atoms with Crippen LogP contribution in [0.15, 0.2) is 4.99 Å². The Kier molecular flexibility index (Phi) is 2.96. The van der Waals surface area contributed by atoms with Crippen molar-refractivity contribution < 1.29 is 0 Å². The first kappa shape index (κ1) is 9.07. The second-order valence-corrected chi connectivity index (χ2v) is 4.46. The van der Waals surface area contributed by atoms with E-state index in [4.69, 9.17) is 5.73 Å². The predicted octanol–water partition coefficient (Wildman–Crippen LogP) is 1.85. The Balaban J connectivity index is 2.66. The van der Waals surface area contributed by atoms with E-state index >= 15 is 0 Å². The summed E-state index contributed by atoms with van der Waals surface area (Å²) < 4.78 is 0. The molecule has 0 fully saturated rings. The Morgan fingerprint density at radius 2 is 2.27 bits per heavy atom. The maximum atomic E-state index is 5.70. The van der Waals surface area contributed by atoms with Gasteiger partial charge < -0.3 is 5.73 Å². The molecule has 64 valence electrons. The van der Waals surface area contributed by atoms with Crippen molar-refractivity contribution in [2.45, 2.75) is 37.9 Å². The summed E-state index contributed by atoms with van der Waals surface area (Å²) in [5.74, 6) is 0.556. The van der Waals surface area contributed by atoms with Gasteiger partial charge in [0.2, 0.25) is 0 Å². The number of thioether (sulfide) groups is 1. The summed E-state index contributed by atoms with van der Waals surface area (Å²) in [6, 6.07) is 0. The van der Waals surface area contributed by atoms with Crippen molar-refractivity contribution in [3.63, 3.8) is 0 Å². The van der Waals surface area contributed by atoms with Crippen LogP contribution >= 0.6 is 11.8 Å². The van der Waals surface area contributed by atoms with E-state index in [9.17, 15) is 0 Å². The molecule has 2 nitrogen and oxygen atoms in total. The van der Waals surface area contributed by atoms with Crippen LogP contribution in [0.1, 0.15) is 27.2 Å². The molecule has 11 heavy (non-hydrogen) atoms. The first-order chi connectivity index (χ1) is 5.15. The van der Waals surface area contributed by atoms with Gasteiger partial charge in [-0.2, -0.15) is 0 Å². The van der Waals surface area contributed by atoms with E-state index in [-0.39, 0.29) is 5.50 Å². The zero-order chi connectivity index (χ0) is 8.43. The summed E-state index contributed by atoms with van der Waals surface area (Å²) in [6.45, 7) is 6.55. The van der Waals surface area contributed by atoms with Gasteiger partial charge in [-0.1, -0.05) is 20.8 Å². The molecular weight excluding hydrogens is 156 g/mol. The van der Waals surface area contributed by atoms with Crippen LogP contribution in [-0.2, 0) is 0 Å². The monoisotopic (exact) mass is 172 g/mol. The number of rotatable bonds is 2. The minimum absolute atomic E-state index is 0.00245. The minimum atomic E-state index is -0.00245. The zero-order valence-electron chi connectivity index (χ0n) is 7.37. The summed E-state index contributed by atoms with van der Waals surface area (Å²) in [6.07, 6.45) is 1.15. The van der Waals surface area contributed by atoms with Crippen molar-refractivity contribution in [3.05, 3.63) is 0 Å². The molecule has 0 aromatic carbocycles. The SMILES string of the molecule is CCC1SC(N)N=C1C(C)C. The molecule has 3 heteroatoms. The molecule has 1 rings (SSSR count). The lowest BCUT2D eigenvalue weighted by atomic mass is 10.0. The van der Waals surface area contributed by atoms with Crippen LogP contribution in [0.4, 0.5) is 0 Å². The topological polar surface area (TPSA) is 38.4 Å². The minimum Gasteiger partial charge on any atom is -0.301 e. The number of nitrogens with two attached hydrogens (primary N) is 1. The maximum Gasteiger partial charge on any atom is 0.145 e. The predicted molar refractivity (Wildman–Crippen MR) is 51.9 cm³/mol. The van der Waals surface area contributed by atoms with E-state index in [1.165, 1.54) is 5.71 Å². The van der Waals surface area contributed by atoms with Gasteiger partial charge in [-0.3, -0.25) is 4.99 Å². The molecule has 2 unspecified atom stereocenters. The normalized spacial score (nSPS) is 31.2. The number of aliphatic imine (C=N–C) groups is 1. The highest BCUT2D eigenvalue weighted by Gasteiger charge is 2.26. The second-order valence-electron chi connectivity index (χ2n) is 3.13. The van der Waals surface area contributed by atoms with E-state index < -0.39 is 0 Å². The van der Waals surface area contributed by atoms with Gasteiger partial charge >= 0.3 is 0 Å². The smallest absolute Gasteiger partial charge is 0.145 e. The number of hydrogen-bond donors (Lipinski definition) is 1. The Labute approximate surface area is 72.6 Å². The fraction of sp³-hybridized carbons (Fsp3) is 0.875. The van der Waals surface area contributed by atoms with Gasteiger partial charge in [-0.15, -0.1) is 11.8 Å². The van der Waals surface area contributed by atoms with Gasteiger partial charge in [0.05, 0.1) is 0 Å². The molecule has 0 amide bonds. The van der Waals surface area contributed by atoms with E-state index in [0.29, 0.717) is 11.2 Å². The van der Waals surface area contributed by atoms with E-state index in [1.807, 2.05) is 0 Å². The van der Waals surface area contributed by atoms with Gasteiger partial charge in [0.25, 0.3) is 0 Å². The molecular formula is C8H16N2S. The first-order valence-corrected chi connectivity index (χ1v) is 5.08. The van der Waals surface area contributed by atoms with Crippen molar-refractivity contribution >= 4 is 17.5 Å². The van der Waals surface area contributed by atoms with Crippen LogP contribution in [0.2, 0.25) is 0 Å². The van der Waals surface area contributed by atoms with Crippen LogP contribution in [0.25, 0.3) is 0 Å². The zero-order valence-corrected chi connectivity index (χ0v) is 8.19. The summed E-state index contributed by atoms with van der Waals surface area (Å²) >= 11 is 1.78. The van der Waals surface area contributed by atoms with Gasteiger partial charge in [0.1, 0.15) is 5.50 Å². The van der Waals surface area contributed by atoms with Crippen LogP contribution in [-0.4, -0.2) is 16.5 Å². The van der Waals surface area contributed by atoms with E-state index in [0.717, 1.165) is 6.42 Å². The fourth-order valence-electron chi connectivity index (χ4n) is 1.32. The lowest BCUT2D eigenvalue weighted by Gasteiger charge is -2.11. The van der Waals surface area contributed by atoms with Gasteiger partial charge in [0, 0.05) is 11.0 Å². The summed E-state index contributed by atoms with van der Waals surface area (Å²) in [5, 5.41) is 0.574. The number of hydrogen-bond acceptors (Lipinski definition) is 3. The molecule has 0 spiro atoms. The quantitative estimate of drug-likeness (QED) is 0.690. The Morgan fingerprint density at radius 3 is 2.64 bits per heavy atom. The molecule has 1 aliphatic rings. The Morgan fingerprint density at radius 1 is 1.64 bits per heavy atom. The third-order valence-corrected chi connectivity index (χ3v) is 3.16. The molecule has 2 atom stereocenters. The summed E-state index contributed by atoms with van der Waals surface area (Å²) in [5.41, 5.74) is 7.00. The molecule has 2 N–H and O–H groups in total. The summed E-state index contributed by atoms with van der Waals surface area (Å²) in [7, 11) is 0. The first-order valence-electron chi connectivity index (χ1n) is 4.13. The van der Waals surface area contributed by atoms with Gasteiger partial charge in [0.15, 0.2) is 0 Å². The van der Waals surface area contributed by atoms with E-state index in [1.54, 1.807) is 11.8 Å². The number of nitrogens with zero attached hydrogens (tertiary/aromatic N) is 1. The standard InChI is InChI=1S/C8H16N2S/c1-4-6-7(5(2)3)10-8(9)11-6/h5-6,8H,4,9H2,1-3H3. The van der Waals surface area contributed by atoms with Crippen LogP contribution in [0.5, 0.6) is 0 Å². The highest BCUT2D eigenvalue weighted by Crippen LogP contribution is 2.29. The largest absolute Gasteiger partial charge is 0.301 e. The average Bonchev–Trinajstić information content (AvgIpc) is 2.30. The van der Waals surface area contributed by atoms with Crippen molar-refractivity contribution in [2.24, 2.45) is 16.6 Å². The third-order valence-electron chi connectivity index (χ3n) is 1.87. The average molecular weight is 172 g/mol. The van der Waals surface area contributed by atoms with Crippen molar-refractivity contribution in [3.8, 4) is 0 Å². The van der Waals surface area contributed by atoms with Crippen LogP contribution < -0.4 is 5.73 Å². The molecule has 0 bridgehead atoms. The molecule has 0 saturated carbocycles. The van der Waals surface area contributed by atoms with Crippen molar-refractivity contribution in [1.82, 2.24) is 0 Å². The van der Waals surface area contributed by atoms with Gasteiger partial charge in [-0.25, -0.2) is 0 Å². The fourth-order valence-corrected chi connectivity index (χ4v) is 2.51. The van der Waals surface area contributed by atoms with Crippen LogP contribution in [0, 0.1) is 5.92 Å². The van der Waals surface area contributed by atoms with Crippen LogP contribution in [0.3, 0.4) is 0 Å². The van der Waals surface area contributed by atoms with Gasteiger partial charge in [-0.05, 0) is 12.3 Å². The Bertz CT molecular complexity index is 165. The molecule has 0 aliphatic carbocycles. The lowest BCUT2D eigenvalue weighted by molar-refractivity contribution is 0.832. The molecule has 0 saturated heterocycles. The molecule has 0 aromatic heterocycles. The molecule has 1 aliphatic heterocycles. The second kappa shape index (κ2) is 3.59. The highest BCUT2D eigenvalue weighted by atomic mass is 32.2. The molecule has 1 heterocycles. The maximum absolute atomic E-state index is 5.70. The molecule has 0 aromatic rings. The lowest BCUT2D eigenvalue weighted by Crippen LogP contribution is -2.17. The Hall–Kier alpha value is -0.0200.